The highest BCUT2D eigenvalue weighted by atomic mass is 35.5. The number of rotatable bonds is 7. The molecule has 0 radical (unpaired) electrons. The summed E-state index contributed by atoms with van der Waals surface area (Å²) in [7, 11) is 0. The number of nitrogens with zero attached hydrogens (tertiary/aromatic N) is 4. The van der Waals surface area contributed by atoms with Gasteiger partial charge < -0.3 is 10.2 Å². The van der Waals surface area contributed by atoms with Crippen molar-refractivity contribution in [2.75, 3.05) is 19.6 Å². The fourth-order valence-electron chi connectivity index (χ4n) is 6.79. The monoisotopic (exact) mass is 535 g/mol. The summed E-state index contributed by atoms with van der Waals surface area (Å²) in [4.78, 5) is 31.9. The maximum Gasteiger partial charge on any atom is 0.246 e. The largest absolute Gasteiger partial charge is 0.342 e. The normalized spacial score (nSPS) is 23.3. The zero-order valence-corrected chi connectivity index (χ0v) is 24.9. The van der Waals surface area contributed by atoms with Crippen molar-refractivity contribution in [3.8, 4) is 0 Å². The number of unbranched alkanes of at least 4 members (excludes halogenated alkanes) is 1. The third kappa shape index (κ3) is 6.19. The number of nitrogens with one attached hydrogen (secondary N) is 1. The molecule has 7 nitrogen and oxygen atoms in total. The molecule has 3 heterocycles. The Morgan fingerprint density at radius 2 is 1.70 bits per heavy atom. The van der Waals surface area contributed by atoms with Crippen molar-refractivity contribution in [2.24, 2.45) is 5.92 Å². The molecule has 2 aliphatic heterocycles. The van der Waals surface area contributed by atoms with Gasteiger partial charge >= 0.3 is 0 Å². The number of piperazine rings is 1. The first-order valence-electron chi connectivity index (χ1n) is 14.5. The van der Waals surface area contributed by atoms with Crippen LogP contribution in [0.4, 0.5) is 0 Å². The van der Waals surface area contributed by atoms with E-state index in [0.29, 0.717) is 25.3 Å². The van der Waals surface area contributed by atoms with E-state index in [4.69, 9.17) is 5.10 Å². The Bertz CT molecular complexity index is 939. The minimum atomic E-state index is -0.689. The molecule has 1 saturated carbocycles. The standard InChI is InChI=1S/C29H49N5O2.ClH/c1-7-8-16-33-26(35)25(19-23-12-10-9-11-13-23)30-27(36)29(33)14-17-32(18-15-29)20-24-21(2)31-34(22(24)3)28(4,5)6;/h23,25H,7-20H2,1-6H3,(H,30,36);1H/t25-;/m0./s1. The number of aryl methyl sites for hydroxylation is 1. The SMILES string of the molecule is CCCCN1C(=O)[C@H](CC2CCCCC2)NC(=O)C12CCN(Cc1c(C)nn(C(C)(C)C)c1C)CC2.Cl. The molecular weight excluding hydrogens is 486 g/mol. The van der Waals surface area contributed by atoms with Gasteiger partial charge in [-0.05, 0) is 66.2 Å². The van der Waals surface area contributed by atoms with Crippen molar-refractivity contribution in [1.82, 2.24) is 24.9 Å². The summed E-state index contributed by atoms with van der Waals surface area (Å²) in [5.74, 6) is 0.823. The first-order chi connectivity index (χ1) is 17.1. The van der Waals surface area contributed by atoms with Gasteiger partial charge in [-0.25, -0.2) is 0 Å². The predicted molar refractivity (Wildman–Crippen MR) is 151 cm³/mol. The molecule has 1 N–H and O–H groups in total. The van der Waals surface area contributed by atoms with E-state index in [1.165, 1.54) is 43.4 Å². The molecule has 0 aromatic carbocycles. The Labute approximate surface area is 230 Å². The molecule has 210 valence electrons. The van der Waals surface area contributed by atoms with E-state index < -0.39 is 5.54 Å². The Kier molecular flexibility index (Phi) is 9.76. The zero-order chi connectivity index (χ0) is 26.1. The van der Waals surface area contributed by atoms with Crippen molar-refractivity contribution < 1.29 is 9.59 Å². The van der Waals surface area contributed by atoms with Gasteiger partial charge in [0.2, 0.25) is 11.8 Å². The minimum absolute atomic E-state index is 0. The Hall–Kier alpha value is -1.60. The van der Waals surface area contributed by atoms with Gasteiger partial charge in [0.25, 0.3) is 0 Å². The molecular formula is C29H50ClN5O2. The van der Waals surface area contributed by atoms with Crippen LogP contribution in [-0.2, 0) is 21.7 Å². The van der Waals surface area contributed by atoms with Gasteiger partial charge in [-0.15, -0.1) is 12.4 Å². The first kappa shape index (κ1) is 29.9. The zero-order valence-electron chi connectivity index (χ0n) is 24.1. The number of likely N-dealkylation sites (tertiary alicyclic amines) is 1. The number of carbonyl (C=O) groups excluding carboxylic acids is 2. The lowest BCUT2D eigenvalue weighted by Gasteiger charge is -2.52. The molecule has 2 saturated heterocycles. The maximum absolute atomic E-state index is 13.8. The van der Waals surface area contributed by atoms with Crippen LogP contribution in [-0.4, -0.2) is 62.6 Å². The molecule has 8 heteroatoms. The van der Waals surface area contributed by atoms with Crippen LogP contribution in [0.15, 0.2) is 0 Å². The van der Waals surface area contributed by atoms with Crippen molar-refractivity contribution in [2.45, 2.75) is 129 Å². The summed E-state index contributed by atoms with van der Waals surface area (Å²) >= 11 is 0. The highest BCUT2D eigenvalue weighted by Gasteiger charge is 2.53. The van der Waals surface area contributed by atoms with Crippen molar-refractivity contribution in [1.29, 1.82) is 0 Å². The van der Waals surface area contributed by atoms with E-state index in [-0.39, 0.29) is 35.8 Å². The fourth-order valence-corrected chi connectivity index (χ4v) is 6.79. The van der Waals surface area contributed by atoms with Crippen molar-refractivity contribution in [3.63, 3.8) is 0 Å². The van der Waals surface area contributed by atoms with Gasteiger partial charge in [0.1, 0.15) is 11.6 Å². The number of carbonyl (C=O) groups is 2. The van der Waals surface area contributed by atoms with Gasteiger partial charge in [-0.2, -0.15) is 5.10 Å². The molecule has 1 aromatic heterocycles. The van der Waals surface area contributed by atoms with Crippen LogP contribution in [0.2, 0.25) is 0 Å². The van der Waals surface area contributed by atoms with Crippen LogP contribution in [0.25, 0.3) is 0 Å². The van der Waals surface area contributed by atoms with Gasteiger partial charge in [0.05, 0.1) is 11.2 Å². The van der Waals surface area contributed by atoms with Gasteiger partial charge in [-0.1, -0.05) is 45.4 Å². The molecule has 37 heavy (non-hydrogen) atoms. The van der Waals surface area contributed by atoms with Crippen molar-refractivity contribution in [3.05, 3.63) is 17.0 Å². The highest BCUT2D eigenvalue weighted by molar-refractivity contribution is 6.00. The van der Waals surface area contributed by atoms with Crippen LogP contribution in [0, 0.1) is 19.8 Å². The predicted octanol–water partition coefficient (Wildman–Crippen LogP) is 5.11. The Morgan fingerprint density at radius 3 is 2.27 bits per heavy atom. The third-order valence-electron chi connectivity index (χ3n) is 8.98. The highest BCUT2D eigenvalue weighted by Crippen LogP contribution is 2.36. The van der Waals surface area contributed by atoms with E-state index in [1.54, 1.807) is 0 Å². The minimum Gasteiger partial charge on any atom is -0.342 e. The summed E-state index contributed by atoms with van der Waals surface area (Å²) in [5.41, 5.74) is 2.86. The van der Waals surface area contributed by atoms with Crippen LogP contribution >= 0.6 is 12.4 Å². The summed E-state index contributed by atoms with van der Waals surface area (Å²) < 4.78 is 2.13. The van der Waals surface area contributed by atoms with Crippen LogP contribution in [0.1, 0.15) is 109 Å². The quantitative estimate of drug-likeness (QED) is 0.526. The van der Waals surface area contributed by atoms with E-state index in [1.807, 2.05) is 4.90 Å². The molecule has 4 rings (SSSR count). The lowest BCUT2D eigenvalue weighted by atomic mass is 9.79. The molecule has 1 aromatic rings. The molecule has 0 unspecified atom stereocenters. The van der Waals surface area contributed by atoms with Gasteiger partial charge in [0.15, 0.2) is 0 Å². The van der Waals surface area contributed by atoms with Crippen LogP contribution in [0.5, 0.6) is 0 Å². The number of hydrogen-bond donors (Lipinski definition) is 1. The average molecular weight is 536 g/mol. The molecule has 3 aliphatic rings. The third-order valence-corrected chi connectivity index (χ3v) is 8.98. The Balaban J connectivity index is 0.00000380. The van der Waals surface area contributed by atoms with Gasteiger partial charge in [0, 0.05) is 37.4 Å². The smallest absolute Gasteiger partial charge is 0.246 e. The second kappa shape index (κ2) is 12.1. The summed E-state index contributed by atoms with van der Waals surface area (Å²) in [6, 6.07) is -0.338. The molecule has 1 aliphatic carbocycles. The number of halogens is 1. The van der Waals surface area contributed by atoms with E-state index in [9.17, 15) is 9.59 Å². The number of piperidine rings is 1. The van der Waals surface area contributed by atoms with E-state index in [2.05, 4.69) is 56.4 Å². The Morgan fingerprint density at radius 1 is 1.05 bits per heavy atom. The maximum atomic E-state index is 13.8. The van der Waals surface area contributed by atoms with Crippen molar-refractivity contribution >= 4 is 24.2 Å². The van der Waals surface area contributed by atoms with Crippen LogP contribution in [0.3, 0.4) is 0 Å². The summed E-state index contributed by atoms with van der Waals surface area (Å²) in [6.07, 6.45) is 10.4. The number of aromatic nitrogens is 2. The number of amides is 2. The van der Waals surface area contributed by atoms with Gasteiger partial charge in [-0.3, -0.25) is 19.2 Å². The summed E-state index contributed by atoms with van der Waals surface area (Å²) in [5, 5.41) is 8.05. The molecule has 3 fully saturated rings. The number of hydrogen-bond acceptors (Lipinski definition) is 4. The molecule has 2 amide bonds. The average Bonchev–Trinajstić information content (AvgIpc) is 3.13. The second-order valence-corrected chi connectivity index (χ2v) is 12.6. The molecule has 1 spiro atoms. The fraction of sp³-hybridized carbons (Fsp3) is 0.828. The van der Waals surface area contributed by atoms with E-state index >= 15 is 0 Å². The second-order valence-electron chi connectivity index (χ2n) is 12.6. The topological polar surface area (TPSA) is 70.5 Å². The van der Waals surface area contributed by atoms with Crippen LogP contribution < -0.4 is 5.32 Å². The molecule has 1 atom stereocenters. The lowest BCUT2D eigenvalue weighted by molar-refractivity contribution is -0.162. The summed E-state index contributed by atoms with van der Waals surface area (Å²) in [6.45, 7) is 16.2. The van der Waals surface area contributed by atoms with E-state index in [0.717, 1.165) is 44.6 Å². The first-order valence-corrected chi connectivity index (χ1v) is 14.5. The lowest BCUT2D eigenvalue weighted by Crippen LogP contribution is -2.73. The molecule has 0 bridgehead atoms.